The van der Waals surface area contributed by atoms with Crippen LogP contribution in [0.2, 0.25) is 0 Å². The van der Waals surface area contributed by atoms with Crippen LogP contribution in [-0.4, -0.2) is 35.5 Å². The number of amides is 1. The number of thioether (sulfide) groups is 1. The van der Waals surface area contributed by atoms with Crippen LogP contribution in [0.15, 0.2) is 29.2 Å². The van der Waals surface area contributed by atoms with Gasteiger partial charge < -0.3 is 15.2 Å². The van der Waals surface area contributed by atoms with E-state index in [0.29, 0.717) is 12.4 Å². The van der Waals surface area contributed by atoms with Gasteiger partial charge in [-0.15, -0.1) is 11.8 Å². The molecule has 0 atom stereocenters. The molecule has 0 aliphatic heterocycles. The Bertz CT molecular complexity index is 404. The van der Waals surface area contributed by atoms with E-state index in [-0.39, 0.29) is 12.5 Å². The van der Waals surface area contributed by atoms with Crippen LogP contribution in [0.1, 0.15) is 20.8 Å². The van der Waals surface area contributed by atoms with Crippen LogP contribution in [0.4, 0.5) is 0 Å². The van der Waals surface area contributed by atoms with Crippen molar-refractivity contribution in [3.8, 4) is 5.75 Å². The number of aliphatic hydroxyl groups excluding tert-OH is 1. The number of rotatable bonds is 7. The van der Waals surface area contributed by atoms with Gasteiger partial charge in [0.05, 0.1) is 24.5 Å². The van der Waals surface area contributed by atoms with Crippen molar-refractivity contribution >= 4 is 17.7 Å². The molecule has 1 aromatic carbocycles. The molecule has 1 amide bonds. The second-order valence-electron chi connectivity index (χ2n) is 4.78. The average molecular weight is 283 g/mol. The van der Waals surface area contributed by atoms with Crippen molar-refractivity contribution in [2.75, 3.05) is 19.0 Å². The maximum atomic E-state index is 11.7. The van der Waals surface area contributed by atoms with Gasteiger partial charge in [-0.3, -0.25) is 4.79 Å². The first-order valence-electron chi connectivity index (χ1n) is 6.24. The SMILES string of the molecule is CCOc1ccc(SCC(=O)NC(C)(C)CO)cc1. The minimum atomic E-state index is -0.573. The number of ether oxygens (including phenoxy) is 1. The number of hydrogen-bond donors (Lipinski definition) is 2. The molecule has 0 unspecified atom stereocenters. The summed E-state index contributed by atoms with van der Waals surface area (Å²) in [7, 11) is 0. The average Bonchev–Trinajstić information content (AvgIpc) is 2.38. The predicted molar refractivity (Wildman–Crippen MR) is 77.6 cm³/mol. The zero-order valence-corrected chi connectivity index (χ0v) is 12.4. The van der Waals surface area contributed by atoms with Gasteiger partial charge in [-0.2, -0.15) is 0 Å². The molecule has 0 fully saturated rings. The molecule has 0 saturated heterocycles. The molecule has 0 spiro atoms. The first kappa shape index (κ1) is 15.9. The molecule has 0 aliphatic rings. The fraction of sp³-hybridized carbons (Fsp3) is 0.500. The lowest BCUT2D eigenvalue weighted by Gasteiger charge is -2.23. The van der Waals surface area contributed by atoms with Crippen LogP contribution >= 0.6 is 11.8 Å². The van der Waals surface area contributed by atoms with Gasteiger partial charge in [-0.05, 0) is 45.0 Å². The highest BCUT2D eigenvalue weighted by Crippen LogP contribution is 2.21. The van der Waals surface area contributed by atoms with E-state index in [1.165, 1.54) is 11.8 Å². The van der Waals surface area contributed by atoms with Gasteiger partial charge in [0, 0.05) is 4.90 Å². The molecule has 19 heavy (non-hydrogen) atoms. The summed E-state index contributed by atoms with van der Waals surface area (Å²) in [5.41, 5.74) is -0.573. The zero-order valence-electron chi connectivity index (χ0n) is 11.6. The fourth-order valence-electron chi connectivity index (χ4n) is 1.40. The normalized spacial score (nSPS) is 11.2. The topological polar surface area (TPSA) is 58.6 Å². The third kappa shape index (κ3) is 5.98. The van der Waals surface area contributed by atoms with Gasteiger partial charge in [0.25, 0.3) is 0 Å². The summed E-state index contributed by atoms with van der Waals surface area (Å²) in [5, 5.41) is 11.8. The minimum Gasteiger partial charge on any atom is -0.494 e. The Hall–Kier alpha value is -1.20. The minimum absolute atomic E-state index is 0.0769. The standard InChI is InChI=1S/C14H21NO3S/c1-4-18-11-5-7-12(8-6-11)19-9-13(17)15-14(2,3)10-16/h5-8,16H,4,9-10H2,1-3H3,(H,15,17). The van der Waals surface area contributed by atoms with E-state index in [9.17, 15) is 4.79 Å². The highest BCUT2D eigenvalue weighted by molar-refractivity contribution is 8.00. The molecule has 0 saturated carbocycles. The van der Waals surface area contributed by atoms with Crippen molar-refractivity contribution in [3.05, 3.63) is 24.3 Å². The number of carbonyl (C=O) groups is 1. The molecule has 0 aliphatic carbocycles. The molecule has 2 N–H and O–H groups in total. The third-order valence-corrected chi connectivity index (χ3v) is 3.39. The summed E-state index contributed by atoms with van der Waals surface area (Å²) in [6.45, 7) is 6.08. The molecule has 106 valence electrons. The van der Waals surface area contributed by atoms with Crippen LogP contribution in [0.3, 0.4) is 0 Å². The van der Waals surface area contributed by atoms with Crippen molar-refractivity contribution in [3.63, 3.8) is 0 Å². The van der Waals surface area contributed by atoms with E-state index in [2.05, 4.69) is 5.32 Å². The fourth-order valence-corrected chi connectivity index (χ4v) is 2.10. The van der Waals surface area contributed by atoms with Gasteiger partial charge in [0.1, 0.15) is 5.75 Å². The Morgan fingerprint density at radius 1 is 1.37 bits per heavy atom. The Morgan fingerprint density at radius 3 is 2.53 bits per heavy atom. The maximum Gasteiger partial charge on any atom is 0.230 e. The summed E-state index contributed by atoms with van der Waals surface area (Å²) in [4.78, 5) is 12.7. The quantitative estimate of drug-likeness (QED) is 0.752. The second kappa shape index (κ2) is 7.40. The van der Waals surface area contributed by atoms with Gasteiger partial charge >= 0.3 is 0 Å². The summed E-state index contributed by atoms with van der Waals surface area (Å²) in [5.74, 6) is 1.08. The van der Waals surface area contributed by atoms with Gasteiger partial charge in [-0.1, -0.05) is 0 Å². The van der Waals surface area contributed by atoms with Gasteiger partial charge in [0.15, 0.2) is 0 Å². The van der Waals surface area contributed by atoms with Crippen molar-refractivity contribution < 1.29 is 14.6 Å². The number of benzene rings is 1. The Morgan fingerprint density at radius 2 is 2.00 bits per heavy atom. The molecule has 0 heterocycles. The van der Waals surface area contributed by atoms with Crippen molar-refractivity contribution in [2.45, 2.75) is 31.2 Å². The highest BCUT2D eigenvalue weighted by Gasteiger charge is 2.18. The van der Waals surface area contributed by atoms with E-state index < -0.39 is 5.54 Å². The lowest BCUT2D eigenvalue weighted by molar-refractivity contribution is -0.120. The maximum absolute atomic E-state index is 11.7. The molecular formula is C14H21NO3S. The second-order valence-corrected chi connectivity index (χ2v) is 5.83. The molecule has 4 nitrogen and oxygen atoms in total. The molecule has 1 aromatic rings. The van der Waals surface area contributed by atoms with Crippen molar-refractivity contribution in [1.29, 1.82) is 0 Å². The monoisotopic (exact) mass is 283 g/mol. The lowest BCUT2D eigenvalue weighted by atomic mass is 10.1. The van der Waals surface area contributed by atoms with E-state index in [1.807, 2.05) is 31.2 Å². The molecule has 1 rings (SSSR count). The number of carbonyl (C=O) groups excluding carboxylic acids is 1. The van der Waals surface area contributed by atoms with Crippen molar-refractivity contribution in [2.24, 2.45) is 0 Å². The first-order valence-corrected chi connectivity index (χ1v) is 7.23. The Balaban J connectivity index is 2.42. The van der Waals surface area contributed by atoms with Crippen LogP contribution < -0.4 is 10.1 Å². The van der Waals surface area contributed by atoms with E-state index in [0.717, 1.165) is 10.6 Å². The molecule has 0 radical (unpaired) electrons. The molecule has 0 aromatic heterocycles. The highest BCUT2D eigenvalue weighted by atomic mass is 32.2. The van der Waals surface area contributed by atoms with E-state index in [1.54, 1.807) is 13.8 Å². The van der Waals surface area contributed by atoms with Crippen LogP contribution in [0.5, 0.6) is 5.75 Å². The summed E-state index contributed by atoms with van der Waals surface area (Å²) in [6, 6.07) is 7.64. The summed E-state index contributed by atoms with van der Waals surface area (Å²) in [6.07, 6.45) is 0. The molecule has 5 heteroatoms. The Kier molecular flexibility index (Phi) is 6.18. The lowest BCUT2D eigenvalue weighted by Crippen LogP contribution is -2.47. The number of aliphatic hydroxyl groups is 1. The summed E-state index contributed by atoms with van der Waals surface area (Å²) >= 11 is 1.46. The van der Waals surface area contributed by atoms with Gasteiger partial charge in [0.2, 0.25) is 5.91 Å². The third-order valence-electron chi connectivity index (χ3n) is 2.38. The zero-order chi connectivity index (χ0) is 14.3. The number of hydrogen-bond acceptors (Lipinski definition) is 4. The van der Waals surface area contributed by atoms with E-state index >= 15 is 0 Å². The van der Waals surface area contributed by atoms with E-state index in [4.69, 9.17) is 9.84 Å². The van der Waals surface area contributed by atoms with Crippen LogP contribution in [0, 0.1) is 0 Å². The molecular weight excluding hydrogens is 262 g/mol. The first-order chi connectivity index (χ1) is 8.96. The Labute approximate surface area is 118 Å². The van der Waals surface area contributed by atoms with Gasteiger partial charge in [-0.25, -0.2) is 0 Å². The number of nitrogens with one attached hydrogen (secondary N) is 1. The largest absolute Gasteiger partial charge is 0.494 e. The smallest absolute Gasteiger partial charge is 0.230 e. The summed E-state index contributed by atoms with van der Waals surface area (Å²) < 4.78 is 5.35. The van der Waals surface area contributed by atoms with Crippen molar-refractivity contribution in [1.82, 2.24) is 5.32 Å². The van der Waals surface area contributed by atoms with Crippen LogP contribution in [0.25, 0.3) is 0 Å². The predicted octanol–water partition coefficient (Wildman–Crippen LogP) is 2.06. The molecule has 0 bridgehead atoms. The van der Waals surface area contributed by atoms with Crippen LogP contribution in [-0.2, 0) is 4.79 Å².